The van der Waals surface area contributed by atoms with E-state index >= 15 is 0 Å². The van der Waals surface area contributed by atoms with Gasteiger partial charge in [0, 0.05) is 35.7 Å². The molecule has 4 aromatic rings. The highest BCUT2D eigenvalue weighted by Crippen LogP contribution is 2.41. The van der Waals surface area contributed by atoms with E-state index in [2.05, 4.69) is 37.6 Å². The largest absolute Gasteiger partial charge is 0.493 e. The zero-order chi connectivity index (χ0) is 28.7. The van der Waals surface area contributed by atoms with Gasteiger partial charge in [0.2, 0.25) is 5.95 Å². The van der Waals surface area contributed by atoms with Gasteiger partial charge in [-0.3, -0.25) is 9.99 Å². The molecule has 13 heteroatoms. The van der Waals surface area contributed by atoms with Crippen LogP contribution in [0.2, 0.25) is 10.0 Å². The molecule has 0 saturated heterocycles. The van der Waals surface area contributed by atoms with E-state index in [-0.39, 0.29) is 5.56 Å². The van der Waals surface area contributed by atoms with Gasteiger partial charge < -0.3 is 20.8 Å². The zero-order valence-electron chi connectivity index (χ0n) is 21.7. The van der Waals surface area contributed by atoms with Gasteiger partial charge in [-0.15, -0.1) is 5.53 Å². The second-order valence-corrected chi connectivity index (χ2v) is 10.5. The third kappa shape index (κ3) is 5.06. The molecule has 1 aliphatic heterocycles. The number of para-hydroxylation sites is 1. The Morgan fingerprint density at radius 3 is 2.71 bits per heavy atom. The molecule has 6 rings (SSSR count). The van der Waals surface area contributed by atoms with Crippen molar-refractivity contribution in [3.63, 3.8) is 0 Å². The van der Waals surface area contributed by atoms with Gasteiger partial charge in [-0.1, -0.05) is 35.3 Å². The van der Waals surface area contributed by atoms with Crippen molar-refractivity contribution >= 4 is 59.0 Å². The van der Waals surface area contributed by atoms with Crippen LogP contribution in [0.4, 0.5) is 21.5 Å². The van der Waals surface area contributed by atoms with Crippen molar-refractivity contribution < 1.29 is 9.13 Å². The highest BCUT2D eigenvalue weighted by molar-refractivity contribution is 6.36. The van der Waals surface area contributed by atoms with Crippen molar-refractivity contribution in [2.45, 2.75) is 24.3 Å². The second-order valence-electron chi connectivity index (χ2n) is 9.68. The van der Waals surface area contributed by atoms with Gasteiger partial charge in [-0.25, -0.2) is 4.98 Å². The molecule has 9 nitrogen and oxygen atoms in total. The van der Waals surface area contributed by atoms with Gasteiger partial charge >= 0.3 is 0 Å². The standard InChI is InChI=1S/C28H22BCl2FN8O/c1-41-27-20(30)3-2-4-22(27)36-25-15(11-33)12-35-26-19(25)9-17(10-21(26)31)37-28(29,16-5-8-24(32)34-13-16)23-14-40(39-38-23)18-6-7-18/h2-5,8-10,12-14,18,37-39H,6-7H2,1H3,(H,35,36). The first kappa shape index (κ1) is 27.0. The summed E-state index contributed by atoms with van der Waals surface area (Å²) in [4.78, 5) is 8.25. The summed E-state index contributed by atoms with van der Waals surface area (Å²) in [5, 5.41) is 19.8. The fourth-order valence-corrected chi connectivity index (χ4v) is 5.23. The SMILES string of the molecule is [B]C(Nc1cc(Cl)c2ncc(C#N)c(Nc3cccc(Cl)c3OC)c2c1)(C1=CN(C2CC2)NN1)c1ccc(F)nc1. The lowest BCUT2D eigenvalue weighted by molar-refractivity contribution is 0.260. The lowest BCUT2D eigenvalue weighted by Crippen LogP contribution is -2.45. The van der Waals surface area contributed by atoms with E-state index in [0.717, 1.165) is 12.8 Å². The van der Waals surface area contributed by atoms with Crippen molar-refractivity contribution in [2.75, 3.05) is 17.7 Å². The lowest BCUT2D eigenvalue weighted by atomic mass is 9.70. The molecule has 0 amide bonds. The minimum atomic E-state index is -1.38. The van der Waals surface area contributed by atoms with Crippen LogP contribution in [0.3, 0.4) is 0 Å². The number of hydrogen-bond donors (Lipinski definition) is 4. The number of rotatable bonds is 8. The van der Waals surface area contributed by atoms with E-state index in [1.165, 1.54) is 25.6 Å². The van der Waals surface area contributed by atoms with E-state index in [9.17, 15) is 9.65 Å². The smallest absolute Gasteiger partial charge is 0.212 e. The molecule has 204 valence electrons. The molecule has 2 aromatic heterocycles. The Balaban J connectivity index is 1.47. The number of methoxy groups -OCH3 is 1. The topological polar surface area (TPSA) is 110 Å². The Labute approximate surface area is 246 Å². The van der Waals surface area contributed by atoms with Crippen LogP contribution >= 0.6 is 23.2 Å². The van der Waals surface area contributed by atoms with Crippen LogP contribution in [0, 0.1) is 17.3 Å². The summed E-state index contributed by atoms with van der Waals surface area (Å²) in [6, 6.07) is 14.1. The van der Waals surface area contributed by atoms with Gasteiger partial charge in [0.15, 0.2) is 5.75 Å². The highest BCUT2D eigenvalue weighted by Gasteiger charge is 2.38. The fourth-order valence-electron chi connectivity index (χ4n) is 4.71. The molecule has 2 aliphatic rings. The quantitative estimate of drug-likeness (QED) is 0.158. The minimum absolute atomic E-state index is 0.277. The number of nitrogens with one attached hydrogen (secondary N) is 4. The van der Waals surface area contributed by atoms with E-state index in [1.807, 2.05) is 11.2 Å². The molecule has 2 radical (unpaired) electrons. The molecule has 1 aliphatic carbocycles. The van der Waals surface area contributed by atoms with Gasteiger partial charge in [-0.05, 0) is 48.7 Å². The molecule has 1 atom stereocenters. The van der Waals surface area contributed by atoms with E-state index in [4.69, 9.17) is 35.8 Å². The fraction of sp³-hybridized carbons (Fsp3) is 0.179. The average molecular weight is 587 g/mol. The Morgan fingerprint density at radius 1 is 1.17 bits per heavy atom. The first-order chi connectivity index (χ1) is 19.8. The molecular formula is C28H22BCl2FN8O. The van der Waals surface area contributed by atoms with Crippen molar-refractivity contribution in [3.8, 4) is 11.8 Å². The average Bonchev–Trinajstić information content (AvgIpc) is 3.69. The zero-order valence-corrected chi connectivity index (χ0v) is 23.2. The Hall–Kier alpha value is -4.24. The number of aromatic nitrogens is 2. The summed E-state index contributed by atoms with van der Waals surface area (Å²) in [7, 11) is 8.54. The van der Waals surface area contributed by atoms with Crippen molar-refractivity contribution in [1.82, 2.24) is 25.9 Å². The van der Waals surface area contributed by atoms with Gasteiger partial charge in [0.05, 0.1) is 50.7 Å². The van der Waals surface area contributed by atoms with Gasteiger partial charge in [0.1, 0.15) is 13.9 Å². The minimum Gasteiger partial charge on any atom is -0.493 e. The van der Waals surface area contributed by atoms with Crippen LogP contribution in [0.25, 0.3) is 10.9 Å². The number of ether oxygens (including phenoxy) is 1. The molecular weight excluding hydrogens is 565 g/mol. The number of pyridine rings is 2. The van der Waals surface area contributed by atoms with Crippen LogP contribution in [0.5, 0.6) is 5.75 Å². The number of anilines is 3. The van der Waals surface area contributed by atoms with E-state index in [0.29, 0.717) is 61.1 Å². The van der Waals surface area contributed by atoms with Gasteiger partial charge in [0.25, 0.3) is 0 Å². The predicted octanol–water partition coefficient (Wildman–Crippen LogP) is 5.46. The maximum Gasteiger partial charge on any atom is 0.212 e. The highest BCUT2D eigenvalue weighted by atomic mass is 35.5. The monoisotopic (exact) mass is 586 g/mol. The Bertz CT molecular complexity index is 1730. The van der Waals surface area contributed by atoms with Crippen LogP contribution in [-0.4, -0.2) is 36.0 Å². The molecule has 41 heavy (non-hydrogen) atoms. The summed E-state index contributed by atoms with van der Waals surface area (Å²) in [6.07, 6.45) is 6.82. The van der Waals surface area contributed by atoms with Gasteiger partial charge in [-0.2, -0.15) is 9.65 Å². The molecule has 1 fully saturated rings. The number of nitrogens with zero attached hydrogens (tertiary/aromatic N) is 4. The molecule has 1 unspecified atom stereocenters. The number of benzene rings is 2. The second kappa shape index (κ2) is 10.6. The maximum atomic E-state index is 13.8. The summed E-state index contributed by atoms with van der Waals surface area (Å²) < 4.78 is 19.2. The maximum absolute atomic E-state index is 13.8. The van der Waals surface area contributed by atoms with Crippen LogP contribution in [0.15, 0.2) is 66.8 Å². The number of fused-ring (bicyclic) bond motifs is 1. The summed E-state index contributed by atoms with van der Waals surface area (Å²) in [5.74, 6) is -0.210. The van der Waals surface area contributed by atoms with Crippen LogP contribution in [0.1, 0.15) is 24.0 Å². The molecule has 0 spiro atoms. The molecule has 2 aromatic carbocycles. The Kier molecular flexibility index (Phi) is 6.99. The summed E-state index contributed by atoms with van der Waals surface area (Å²) in [5.41, 5.74) is 8.22. The predicted molar refractivity (Wildman–Crippen MR) is 157 cm³/mol. The van der Waals surface area contributed by atoms with Crippen molar-refractivity contribution in [1.29, 1.82) is 5.26 Å². The third-order valence-electron chi connectivity index (χ3n) is 6.95. The Morgan fingerprint density at radius 2 is 2.00 bits per heavy atom. The van der Waals surface area contributed by atoms with Crippen molar-refractivity contribution in [2.24, 2.45) is 0 Å². The van der Waals surface area contributed by atoms with E-state index in [1.54, 1.807) is 36.4 Å². The molecule has 3 heterocycles. The van der Waals surface area contributed by atoms with E-state index < -0.39 is 11.4 Å². The first-order valence-electron chi connectivity index (χ1n) is 12.6. The third-order valence-corrected chi connectivity index (χ3v) is 7.54. The van der Waals surface area contributed by atoms with Crippen LogP contribution < -0.4 is 26.3 Å². The first-order valence-corrected chi connectivity index (χ1v) is 13.4. The number of halogens is 3. The number of hydrogen-bond acceptors (Lipinski definition) is 9. The number of hydrazine groups is 2. The summed E-state index contributed by atoms with van der Waals surface area (Å²) in [6.45, 7) is 0. The molecule has 4 N–H and O–H groups in total. The number of nitriles is 1. The normalized spacial score (nSPS) is 16.0. The van der Waals surface area contributed by atoms with Crippen molar-refractivity contribution in [3.05, 3.63) is 93.9 Å². The molecule has 0 bridgehead atoms. The lowest BCUT2D eigenvalue weighted by Gasteiger charge is -2.34. The molecule has 1 saturated carbocycles. The summed E-state index contributed by atoms with van der Waals surface area (Å²) >= 11 is 13.1. The van der Waals surface area contributed by atoms with Crippen LogP contribution in [-0.2, 0) is 5.44 Å².